The Bertz CT molecular complexity index is 1490. The lowest BCUT2D eigenvalue weighted by Crippen LogP contribution is -2.41. The zero-order chi connectivity index (χ0) is 25.1. The first-order chi connectivity index (χ1) is 17.6. The van der Waals surface area contributed by atoms with E-state index in [2.05, 4.69) is 5.32 Å². The van der Waals surface area contributed by atoms with E-state index in [9.17, 15) is 14.4 Å². The minimum absolute atomic E-state index is 0.139. The first-order valence-electron chi connectivity index (χ1n) is 12.5. The van der Waals surface area contributed by atoms with Crippen molar-refractivity contribution in [2.24, 2.45) is 5.73 Å². The maximum atomic E-state index is 13.3. The Morgan fingerprint density at radius 1 is 0.750 bits per heavy atom. The minimum Gasteiger partial charge on any atom is -0.456 e. The molecular weight excluding hydrogens is 454 g/mol. The molecule has 7 nitrogen and oxygen atoms in total. The Morgan fingerprint density at radius 3 is 2.25 bits per heavy atom. The van der Waals surface area contributed by atoms with Crippen LogP contribution in [-0.4, -0.2) is 42.9 Å². The predicted octanol–water partition coefficient (Wildman–Crippen LogP) is 4.32. The van der Waals surface area contributed by atoms with Crippen molar-refractivity contribution in [1.82, 2.24) is 10.2 Å². The number of fused-ring (bicyclic) bond motifs is 1. The van der Waals surface area contributed by atoms with Crippen LogP contribution in [0.3, 0.4) is 0 Å². The summed E-state index contributed by atoms with van der Waals surface area (Å²) in [5.41, 5.74) is 7.52. The molecule has 0 saturated heterocycles. The molecule has 4 aromatic rings. The highest BCUT2D eigenvalue weighted by molar-refractivity contribution is 6.26. The predicted molar refractivity (Wildman–Crippen MR) is 141 cm³/mol. The first-order valence-corrected chi connectivity index (χ1v) is 12.5. The molecule has 7 heteroatoms. The van der Waals surface area contributed by atoms with E-state index in [4.69, 9.17) is 10.2 Å². The van der Waals surface area contributed by atoms with E-state index in [0.29, 0.717) is 57.3 Å². The van der Waals surface area contributed by atoms with Crippen LogP contribution < -0.4 is 16.5 Å². The van der Waals surface area contributed by atoms with Gasteiger partial charge < -0.3 is 15.5 Å². The highest BCUT2D eigenvalue weighted by atomic mass is 16.3. The lowest BCUT2D eigenvalue weighted by Gasteiger charge is -2.27. The van der Waals surface area contributed by atoms with Crippen molar-refractivity contribution in [3.05, 3.63) is 82.0 Å². The van der Waals surface area contributed by atoms with Gasteiger partial charge in [0.15, 0.2) is 5.43 Å². The Hall–Kier alpha value is -3.81. The molecule has 0 atom stereocenters. The Morgan fingerprint density at radius 2 is 1.44 bits per heavy atom. The summed E-state index contributed by atoms with van der Waals surface area (Å²) >= 11 is 0. The lowest BCUT2D eigenvalue weighted by atomic mass is 9.90. The van der Waals surface area contributed by atoms with Gasteiger partial charge in [-0.15, -0.1) is 0 Å². The van der Waals surface area contributed by atoms with Gasteiger partial charge in [0.2, 0.25) is 0 Å². The number of para-hydroxylation sites is 1. The van der Waals surface area contributed by atoms with Gasteiger partial charge in [0.25, 0.3) is 11.8 Å². The molecule has 36 heavy (non-hydrogen) atoms. The monoisotopic (exact) mass is 483 g/mol. The fraction of sp³-hybridized carbons (Fsp3) is 0.276. The van der Waals surface area contributed by atoms with Crippen molar-refractivity contribution in [2.45, 2.75) is 25.7 Å². The summed E-state index contributed by atoms with van der Waals surface area (Å²) in [5.74, 6) is -0.166. The Kier molecular flexibility index (Phi) is 6.93. The quantitative estimate of drug-likeness (QED) is 0.257. The molecule has 0 unspecified atom stereocenters. The second kappa shape index (κ2) is 10.4. The minimum atomic E-state index is -0.286. The van der Waals surface area contributed by atoms with Crippen molar-refractivity contribution in [3.63, 3.8) is 0 Å². The fourth-order valence-corrected chi connectivity index (χ4v) is 4.84. The summed E-state index contributed by atoms with van der Waals surface area (Å²) in [5, 5.41) is 5.21. The largest absolute Gasteiger partial charge is 0.456 e. The molecule has 2 heterocycles. The zero-order valence-electron chi connectivity index (χ0n) is 20.1. The molecule has 1 aromatic heterocycles. The molecule has 184 valence electrons. The molecule has 1 aliphatic rings. The highest BCUT2D eigenvalue weighted by Crippen LogP contribution is 2.36. The second-order valence-electron chi connectivity index (χ2n) is 9.07. The number of nitrogens with zero attached hydrogens (tertiary/aromatic N) is 1. The molecular formula is C29H29N3O4. The normalized spacial score (nSPS) is 13.2. The molecule has 0 aliphatic carbocycles. The van der Waals surface area contributed by atoms with E-state index >= 15 is 0 Å². The van der Waals surface area contributed by atoms with Crippen LogP contribution in [-0.2, 0) is 0 Å². The SMILES string of the molecule is NCCCCNCCCCN1C(=O)c2cccc3c(-c4cc(=O)c5ccccc5o4)ccc(c23)C1=O. The van der Waals surface area contributed by atoms with Gasteiger partial charge in [-0.05, 0) is 81.0 Å². The number of carbonyl (C=O) groups is 2. The molecule has 1 aliphatic heterocycles. The van der Waals surface area contributed by atoms with Gasteiger partial charge in [0, 0.05) is 34.7 Å². The van der Waals surface area contributed by atoms with Crippen LogP contribution in [0.15, 0.2) is 69.9 Å². The number of benzene rings is 3. The maximum Gasteiger partial charge on any atom is 0.261 e. The van der Waals surface area contributed by atoms with Gasteiger partial charge in [-0.2, -0.15) is 0 Å². The van der Waals surface area contributed by atoms with Crippen LogP contribution in [0.4, 0.5) is 0 Å². The van der Waals surface area contributed by atoms with Gasteiger partial charge in [-0.3, -0.25) is 19.3 Å². The number of hydrogen-bond donors (Lipinski definition) is 2. The van der Waals surface area contributed by atoms with Gasteiger partial charge in [0.1, 0.15) is 11.3 Å². The van der Waals surface area contributed by atoms with Crippen LogP contribution >= 0.6 is 0 Å². The Balaban J connectivity index is 1.41. The number of unbranched alkanes of at least 4 members (excludes halogenated alkanes) is 2. The lowest BCUT2D eigenvalue weighted by molar-refractivity contribution is 0.0608. The van der Waals surface area contributed by atoms with E-state index in [1.807, 2.05) is 12.1 Å². The molecule has 5 rings (SSSR count). The number of nitrogens with two attached hydrogens (primary N) is 1. The molecule has 3 aromatic carbocycles. The molecule has 0 saturated carbocycles. The maximum absolute atomic E-state index is 13.3. The molecule has 0 fully saturated rings. The average molecular weight is 484 g/mol. The third kappa shape index (κ3) is 4.43. The standard InChI is InChI=1S/C29H29N3O4/c30-14-3-4-15-31-16-5-6-17-32-28(34)22-10-7-9-20-19(12-13-23(27(20)22)29(32)35)26-18-24(33)21-8-1-2-11-25(21)36-26/h1-2,7-13,18,31H,3-6,14-17,30H2. The number of rotatable bonds is 10. The number of imide groups is 1. The van der Waals surface area contributed by atoms with Crippen LogP contribution in [0.25, 0.3) is 33.1 Å². The first kappa shape index (κ1) is 23.9. The fourth-order valence-electron chi connectivity index (χ4n) is 4.84. The van der Waals surface area contributed by atoms with E-state index in [-0.39, 0.29) is 17.2 Å². The van der Waals surface area contributed by atoms with Gasteiger partial charge in [-0.1, -0.05) is 24.3 Å². The summed E-state index contributed by atoms with van der Waals surface area (Å²) in [6.45, 7) is 2.84. The average Bonchev–Trinajstić information content (AvgIpc) is 2.90. The number of nitrogens with one attached hydrogen (secondary N) is 1. The molecule has 0 radical (unpaired) electrons. The summed E-state index contributed by atoms with van der Waals surface area (Å²) < 4.78 is 6.06. The summed E-state index contributed by atoms with van der Waals surface area (Å²) in [7, 11) is 0. The third-order valence-corrected chi connectivity index (χ3v) is 6.68. The van der Waals surface area contributed by atoms with E-state index in [1.165, 1.54) is 11.0 Å². The van der Waals surface area contributed by atoms with E-state index in [0.717, 1.165) is 38.8 Å². The van der Waals surface area contributed by atoms with Crippen LogP contribution in [0.1, 0.15) is 46.4 Å². The van der Waals surface area contributed by atoms with E-state index < -0.39 is 0 Å². The molecule has 2 amide bonds. The summed E-state index contributed by atoms with van der Waals surface area (Å²) in [4.78, 5) is 40.7. The van der Waals surface area contributed by atoms with E-state index in [1.54, 1.807) is 42.5 Å². The second-order valence-corrected chi connectivity index (χ2v) is 9.07. The highest BCUT2D eigenvalue weighted by Gasteiger charge is 2.33. The Labute approximate surface area is 208 Å². The number of hydrogen-bond acceptors (Lipinski definition) is 6. The number of amides is 2. The van der Waals surface area contributed by atoms with Crippen molar-refractivity contribution in [2.75, 3.05) is 26.2 Å². The van der Waals surface area contributed by atoms with Gasteiger partial charge in [0.05, 0.1) is 5.39 Å². The topological polar surface area (TPSA) is 106 Å². The smallest absolute Gasteiger partial charge is 0.261 e. The van der Waals surface area contributed by atoms with Crippen molar-refractivity contribution < 1.29 is 14.0 Å². The van der Waals surface area contributed by atoms with Gasteiger partial charge >= 0.3 is 0 Å². The number of carbonyl (C=O) groups excluding carboxylic acids is 2. The molecule has 3 N–H and O–H groups in total. The van der Waals surface area contributed by atoms with Crippen molar-refractivity contribution in [1.29, 1.82) is 0 Å². The van der Waals surface area contributed by atoms with Crippen molar-refractivity contribution in [3.8, 4) is 11.3 Å². The zero-order valence-corrected chi connectivity index (χ0v) is 20.1. The summed E-state index contributed by atoms with van der Waals surface area (Å²) in [6.07, 6.45) is 3.65. The van der Waals surface area contributed by atoms with Crippen LogP contribution in [0.2, 0.25) is 0 Å². The molecule has 0 bridgehead atoms. The summed E-state index contributed by atoms with van der Waals surface area (Å²) in [6, 6.07) is 17.5. The van der Waals surface area contributed by atoms with Gasteiger partial charge in [-0.25, -0.2) is 0 Å². The third-order valence-electron chi connectivity index (χ3n) is 6.68. The van der Waals surface area contributed by atoms with Crippen LogP contribution in [0.5, 0.6) is 0 Å². The molecule has 0 spiro atoms. The van der Waals surface area contributed by atoms with Crippen molar-refractivity contribution >= 4 is 33.6 Å². The van der Waals surface area contributed by atoms with Crippen LogP contribution in [0, 0.1) is 0 Å².